The molecule has 2 aromatic heterocycles. The van der Waals surface area contributed by atoms with E-state index in [1.807, 2.05) is 42.5 Å². The summed E-state index contributed by atoms with van der Waals surface area (Å²) in [5.74, 6) is -0.223. The molecule has 0 aliphatic carbocycles. The Kier molecular flexibility index (Phi) is 9.41. The molecule has 0 N–H and O–H groups in total. The van der Waals surface area contributed by atoms with Crippen molar-refractivity contribution in [2.45, 2.75) is 45.8 Å². The number of anilines is 1. The Morgan fingerprint density at radius 2 is 1.63 bits per heavy atom. The SMILES string of the molecule is CCC(=O)c1c(-c2ccc(F)cc2)oc2cc(N(C)S(C)(=O)=O)c(-c3cccc(-c4cc5ccccc5n4COCC[Si](C)(C)C)c3)cc12. The van der Waals surface area contributed by atoms with E-state index < -0.39 is 23.9 Å². The molecule has 4 aromatic carbocycles. The third kappa shape index (κ3) is 7.13. The Hall–Kier alpha value is -4.51. The molecular weight excluding hydrogens is 656 g/mol. The van der Waals surface area contributed by atoms with Crippen molar-refractivity contribution in [3.8, 4) is 33.7 Å². The van der Waals surface area contributed by atoms with Gasteiger partial charge < -0.3 is 13.7 Å². The summed E-state index contributed by atoms with van der Waals surface area (Å²) < 4.78 is 55.6. The first-order chi connectivity index (χ1) is 23.2. The van der Waals surface area contributed by atoms with E-state index in [9.17, 15) is 17.6 Å². The molecule has 0 fully saturated rings. The number of ketones is 1. The molecule has 0 bridgehead atoms. The number of benzene rings is 4. The molecule has 49 heavy (non-hydrogen) atoms. The molecule has 0 radical (unpaired) electrons. The first kappa shape index (κ1) is 34.4. The van der Waals surface area contributed by atoms with Crippen molar-refractivity contribution in [2.24, 2.45) is 0 Å². The molecule has 7 nitrogen and oxygen atoms in total. The lowest BCUT2D eigenvalue weighted by Gasteiger charge is -2.21. The van der Waals surface area contributed by atoms with Crippen LogP contribution >= 0.6 is 0 Å². The average Bonchev–Trinajstić information content (AvgIpc) is 3.63. The second-order valence-corrected chi connectivity index (χ2v) is 21.3. The summed E-state index contributed by atoms with van der Waals surface area (Å²) in [4.78, 5) is 13.4. The highest BCUT2D eigenvalue weighted by molar-refractivity contribution is 7.92. The molecule has 10 heteroatoms. The first-order valence-electron chi connectivity index (χ1n) is 16.4. The van der Waals surface area contributed by atoms with E-state index >= 15 is 0 Å². The number of hydrogen-bond donors (Lipinski definition) is 0. The van der Waals surface area contributed by atoms with Gasteiger partial charge in [0.2, 0.25) is 10.0 Å². The number of para-hydroxylation sites is 1. The second-order valence-electron chi connectivity index (χ2n) is 13.6. The highest BCUT2D eigenvalue weighted by Gasteiger charge is 2.26. The van der Waals surface area contributed by atoms with E-state index in [-0.39, 0.29) is 12.2 Å². The summed E-state index contributed by atoms with van der Waals surface area (Å²) >= 11 is 0. The second kappa shape index (κ2) is 13.4. The van der Waals surface area contributed by atoms with Gasteiger partial charge in [-0.15, -0.1) is 0 Å². The van der Waals surface area contributed by atoms with Crippen LogP contribution < -0.4 is 4.31 Å². The molecular formula is C39H41FN2O5SSi. The van der Waals surface area contributed by atoms with Crippen molar-refractivity contribution in [1.29, 1.82) is 0 Å². The summed E-state index contributed by atoms with van der Waals surface area (Å²) in [6, 6.07) is 28.6. The van der Waals surface area contributed by atoms with Gasteiger partial charge in [0.1, 0.15) is 23.9 Å². The zero-order chi connectivity index (χ0) is 35.1. The number of carbonyl (C=O) groups is 1. The number of ether oxygens (including phenoxy) is 1. The fourth-order valence-corrected chi connectivity index (χ4v) is 7.29. The highest BCUT2D eigenvalue weighted by Crippen LogP contribution is 2.42. The minimum absolute atomic E-state index is 0.138. The van der Waals surface area contributed by atoms with Crippen molar-refractivity contribution in [3.63, 3.8) is 0 Å². The fourth-order valence-electron chi connectivity index (χ4n) is 6.03. The van der Waals surface area contributed by atoms with Crippen LogP contribution in [0.4, 0.5) is 10.1 Å². The molecule has 0 unspecified atom stereocenters. The average molecular weight is 697 g/mol. The lowest BCUT2D eigenvalue weighted by atomic mass is 9.95. The standard InChI is InChI=1S/C39H41FN2O5SSi/c1-7-36(43)38-32-23-31(35(41(2)48(3,44)45)24-37(32)47-39(38)26-15-17-30(40)18-16-26)27-12-10-13-28(21-27)34-22-29-11-8-9-14-33(29)42(34)25-46-19-20-49(4,5)6/h8-18,21-24H,7,19-20,25H2,1-6H3. The maximum Gasteiger partial charge on any atom is 0.232 e. The summed E-state index contributed by atoms with van der Waals surface area (Å²) in [7, 11) is -3.44. The topological polar surface area (TPSA) is 81.8 Å². The Bertz CT molecular complexity index is 2280. The van der Waals surface area contributed by atoms with Crippen molar-refractivity contribution in [1.82, 2.24) is 4.57 Å². The van der Waals surface area contributed by atoms with Gasteiger partial charge in [-0.1, -0.05) is 63.0 Å². The van der Waals surface area contributed by atoms with Crippen LogP contribution in [-0.2, 0) is 21.5 Å². The molecule has 0 spiro atoms. The quantitative estimate of drug-likeness (QED) is 0.0723. The molecule has 0 atom stereocenters. The van der Waals surface area contributed by atoms with Gasteiger partial charge in [0.15, 0.2) is 5.78 Å². The van der Waals surface area contributed by atoms with E-state index in [1.54, 1.807) is 25.1 Å². The zero-order valence-electron chi connectivity index (χ0n) is 28.7. The minimum Gasteiger partial charge on any atom is -0.455 e. The van der Waals surface area contributed by atoms with Gasteiger partial charge in [-0.25, -0.2) is 12.8 Å². The number of Topliss-reactive ketones (excluding diaryl/α,β-unsaturated/α-hetero) is 1. The Morgan fingerprint density at radius 1 is 0.918 bits per heavy atom. The van der Waals surface area contributed by atoms with Crippen molar-refractivity contribution >= 4 is 51.4 Å². The number of sulfonamides is 1. The maximum atomic E-state index is 13.8. The Labute approximate surface area is 288 Å². The summed E-state index contributed by atoms with van der Waals surface area (Å²) in [5, 5.41) is 1.65. The molecule has 0 amide bonds. The van der Waals surface area contributed by atoms with Gasteiger partial charge in [-0.2, -0.15) is 0 Å². The van der Waals surface area contributed by atoms with Crippen LogP contribution in [-0.4, -0.2) is 46.8 Å². The largest absolute Gasteiger partial charge is 0.455 e. The molecule has 0 aliphatic heterocycles. The number of carbonyl (C=O) groups excluding carboxylic acids is 1. The normalized spacial score (nSPS) is 12.2. The lowest BCUT2D eigenvalue weighted by molar-refractivity contribution is 0.0912. The van der Waals surface area contributed by atoms with Gasteiger partial charge >= 0.3 is 0 Å². The molecule has 6 aromatic rings. The third-order valence-corrected chi connectivity index (χ3v) is 11.7. The van der Waals surface area contributed by atoms with Gasteiger partial charge in [-0.05, 0) is 65.7 Å². The molecule has 254 valence electrons. The van der Waals surface area contributed by atoms with E-state index in [2.05, 4.69) is 42.4 Å². The number of nitrogens with zero attached hydrogens (tertiary/aromatic N) is 2. The Morgan fingerprint density at radius 3 is 2.33 bits per heavy atom. The van der Waals surface area contributed by atoms with E-state index in [4.69, 9.17) is 9.15 Å². The highest BCUT2D eigenvalue weighted by atomic mass is 32.2. The number of aromatic nitrogens is 1. The number of rotatable bonds is 12. The predicted molar refractivity (Wildman–Crippen MR) is 200 cm³/mol. The summed E-state index contributed by atoms with van der Waals surface area (Å²) in [6.07, 6.45) is 1.37. The van der Waals surface area contributed by atoms with Crippen LogP contribution in [0.5, 0.6) is 0 Å². The zero-order valence-corrected chi connectivity index (χ0v) is 30.5. The Balaban J connectivity index is 1.53. The molecule has 0 aliphatic rings. The summed E-state index contributed by atoms with van der Waals surface area (Å²) in [5.41, 5.74) is 6.03. The monoisotopic (exact) mass is 696 g/mol. The first-order valence-corrected chi connectivity index (χ1v) is 21.9. The molecule has 6 rings (SSSR count). The third-order valence-electron chi connectivity index (χ3n) is 8.85. The molecule has 0 saturated carbocycles. The van der Waals surface area contributed by atoms with E-state index in [0.29, 0.717) is 52.4 Å². The van der Waals surface area contributed by atoms with Gasteiger partial charge in [0.05, 0.1) is 28.7 Å². The molecule has 2 heterocycles. The van der Waals surface area contributed by atoms with Crippen LogP contribution in [0.25, 0.3) is 55.6 Å². The predicted octanol–water partition coefficient (Wildman–Crippen LogP) is 9.83. The lowest BCUT2D eigenvalue weighted by Crippen LogP contribution is -2.25. The van der Waals surface area contributed by atoms with Gasteiger partial charge in [0.25, 0.3) is 0 Å². The van der Waals surface area contributed by atoms with Crippen LogP contribution in [0.15, 0.2) is 95.4 Å². The van der Waals surface area contributed by atoms with Crippen molar-refractivity contribution < 1.29 is 26.8 Å². The fraction of sp³-hybridized carbons (Fsp3) is 0.256. The van der Waals surface area contributed by atoms with Crippen LogP contribution in [0.2, 0.25) is 25.7 Å². The summed E-state index contributed by atoms with van der Waals surface area (Å²) in [6.45, 7) is 9.86. The number of furan rings is 1. The van der Waals surface area contributed by atoms with Gasteiger partial charge in [0, 0.05) is 56.1 Å². The smallest absolute Gasteiger partial charge is 0.232 e. The van der Waals surface area contributed by atoms with Crippen LogP contribution in [0.3, 0.4) is 0 Å². The number of hydrogen-bond acceptors (Lipinski definition) is 5. The maximum absolute atomic E-state index is 13.8. The van der Waals surface area contributed by atoms with E-state index in [0.717, 1.165) is 40.0 Å². The van der Waals surface area contributed by atoms with E-state index in [1.165, 1.54) is 23.5 Å². The van der Waals surface area contributed by atoms with Crippen LogP contribution in [0, 0.1) is 5.82 Å². The van der Waals surface area contributed by atoms with Crippen LogP contribution in [0.1, 0.15) is 23.7 Å². The minimum atomic E-state index is -3.68. The van der Waals surface area contributed by atoms with Crippen molar-refractivity contribution in [3.05, 3.63) is 102 Å². The number of fused-ring (bicyclic) bond motifs is 2. The molecule has 0 saturated heterocycles. The van der Waals surface area contributed by atoms with Crippen molar-refractivity contribution in [2.75, 3.05) is 24.2 Å². The van der Waals surface area contributed by atoms with Gasteiger partial charge in [-0.3, -0.25) is 9.10 Å². The number of halogens is 1.